The number of amides is 1. The van der Waals surface area contributed by atoms with Gasteiger partial charge in [0.2, 0.25) is 5.91 Å². The van der Waals surface area contributed by atoms with Gasteiger partial charge in [0, 0.05) is 40.4 Å². The fourth-order valence-electron chi connectivity index (χ4n) is 4.41. The number of nitrogens with one attached hydrogen (secondary N) is 2. The smallest absolute Gasteiger partial charge is 0.354 e. The maximum absolute atomic E-state index is 12.9. The summed E-state index contributed by atoms with van der Waals surface area (Å²) in [6, 6.07) is 13.4. The Morgan fingerprint density at radius 2 is 1.88 bits per heavy atom. The Bertz CT molecular complexity index is 1680. The number of aromatic nitrogens is 2. The summed E-state index contributed by atoms with van der Waals surface area (Å²) in [5.41, 5.74) is 3.19. The number of halogens is 1. The van der Waals surface area contributed by atoms with Crippen LogP contribution in [0.25, 0.3) is 22.0 Å². The molecule has 0 spiro atoms. The summed E-state index contributed by atoms with van der Waals surface area (Å²) >= 11 is 6.16. The fraction of sp³-hybridized carbons (Fsp3) is 0.267. The molecule has 0 saturated heterocycles. The third-order valence-electron chi connectivity index (χ3n) is 6.71. The molecule has 4 rings (SSSR count). The molecule has 2 aromatic heterocycles. The van der Waals surface area contributed by atoms with Gasteiger partial charge in [-0.1, -0.05) is 17.7 Å². The molecule has 11 nitrogen and oxygen atoms in total. The minimum absolute atomic E-state index is 0.120. The van der Waals surface area contributed by atoms with Gasteiger partial charge in [0.15, 0.2) is 0 Å². The average molecular weight is 596 g/mol. The lowest BCUT2D eigenvalue weighted by Gasteiger charge is -2.20. The number of carbonyl (C=O) groups is 3. The summed E-state index contributed by atoms with van der Waals surface area (Å²) in [6.45, 7) is 3.46. The highest BCUT2D eigenvalue weighted by atomic mass is 35.5. The molecule has 0 aliphatic heterocycles. The summed E-state index contributed by atoms with van der Waals surface area (Å²) in [5, 5.41) is 3.96. The number of benzene rings is 2. The number of fused-ring (bicyclic) bond motifs is 1. The first-order chi connectivity index (χ1) is 20.1. The van der Waals surface area contributed by atoms with Crippen LogP contribution in [0.15, 0.2) is 59.5 Å². The standard InChI is InChI=1S/C30H30ClN3O8/c1-17-5-6-20(31)11-22(17)23-12-29(37)34(13-26(23)39-3)14-28(36)32-21-7-8-24-19(9-21)10-25(33-24)30(38)41-15-27(40-4)18(2)42-16-35/h5-13,16,18,27,33H,14-15H2,1-4H3,(H,32,36). The number of methoxy groups -OCH3 is 2. The molecule has 0 aliphatic carbocycles. The molecular weight excluding hydrogens is 566 g/mol. The average Bonchev–Trinajstić information content (AvgIpc) is 3.39. The Labute approximate surface area is 246 Å². The first kappa shape index (κ1) is 30.4. The van der Waals surface area contributed by atoms with Gasteiger partial charge in [-0.2, -0.15) is 0 Å². The van der Waals surface area contributed by atoms with Gasteiger partial charge in [0.05, 0.1) is 13.3 Å². The third kappa shape index (κ3) is 6.99. The van der Waals surface area contributed by atoms with Gasteiger partial charge in [0.25, 0.3) is 12.0 Å². The van der Waals surface area contributed by atoms with Crippen LogP contribution in [0.4, 0.5) is 5.69 Å². The highest BCUT2D eigenvalue weighted by molar-refractivity contribution is 6.30. The second kappa shape index (κ2) is 13.4. The second-order valence-corrected chi connectivity index (χ2v) is 9.96. The molecule has 2 aromatic carbocycles. The minimum Gasteiger partial charge on any atom is -0.495 e. The number of aromatic amines is 1. The van der Waals surface area contributed by atoms with Gasteiger partial charge in [0.1, 0.15) is 36.8 Å². The van der Waals surface area contributed by atoms with Crippen molar-refractivity contribution in [3.8, 4) is 16.9 Å². The van der Waals surface area contributed by atoms with E-state index in [1.54, 1.807) is 43.3 Å². The molecule has 2 unspecified atom stereocenters. The van der Waals surface area contributed by atoms with Crippen molar-refractivity contribution in [2.75, 3.05) is 26.1 Å². The quantitative estimate of drug-likeness (QED) is 0.182. The van der Waals surface area contributed by atoms with Crippen LogP contribution < -0.4 is 15.6 Å². The van der Waals surface area contributed by atoms with Crippen molar-refractivity contribution in [2.45, 2.75) is 32.6 Å². The zero-order valence-electron chi connectivity index (χ0n) is 23.4. The summed E-state index contributed by atoms with van der Waals surface area (Å²) in [6.07, 6.45) is 0.260. The number of hydrogen-bond acceptors (Lipinski definition) is 8. The van der Waals surface area contributed by atoms with E-state index in [-0.39, 0.29) is 24.4 Å². The summed E-state index contributed by atoms with van der Waals surface area (Å²) < 4.78 is 22.1. The highest BCUT2D eigenvalue weighted by Gasteiger charge is 2.21. The first-order valence-electron chi connectivity index (χ1n) is 12.9. The van der Waals surface area contributed by atoms with Gasteiger partial charge < -0.3 is 33.8 Å². The van der Waals surface area contributed by atoms with Crippen molar-refractivity contribution < 1.29 is 33.3 Å². The van der Waals surface area contributed by atoms with Crippen LogP contribution in [0.5, 0.6) is 5.75 Å². The van der Waals surface area contributed by atoms with E-state index in [2.05, 4.69) is 10.3 Å². The highest BCUT2D eigenvalue weighted by Crippen LogP contribution is 2.32. The number of pyridine rings is 1. The SMILES string of the molecule is COc1cn(CC(=O)Nc2ccc3[nH]c(C(=O)OCC(OC)C(C)OC=O)cc3c2)c(=O)cc1-c1cc(Cl)ccc1C. The number of carbonyl (C=O) groups excluding carboxylic acids is 3. The number of aryl methyl sites for hydroxylation is 1. The van der Waals surface area contributed by atoms with Crippen LogP contribution in [-0.2, 0) is 30.3 Å². The van der Waals surface area contributed by atoms with Crippen LogP contribution >= 0.6 is 11.6 Å². The van der Waals surface area contributed by atoms with Crippen LogP contribution in [-0.4, -0.2) is 60.9 Å². The molecule has 2 heterocycles. The minimum atomic E-state index is -0.630. The number of nitrogens with zero attached hydrogens (tertiary/aromatic N) is 1. The maximum atomic E-state index is 12.9. The van der Waals surface area contributed by atoms with Crippen molar-refractivity contribution >= 4 is 46.5 Å². The van der Waals surface area contributed by atoms with E-state index in [9.17, 15) is 19.2 Å². The maximum Gasteiger partial charge on any atom is 0.354 e. The normalized spacial score (nSPS) is 12.4. The van der Waals surface area contributed by atoms with E-state index in [0.29, 0.717) is 39.4 Å². The number of esters is 1. The lowest BCUT2D eigenvalue weighted by molar-refractivity contribution is -0.141. The summed E-state index contributed by atoms with van der Waals surface area (Å²) in [5.74, 6) is -0.636. The third-order valence-corrected chi connectivity index (χ3v) is 6.95. The number of anilines is 1. The molecule has 42 heavy (non-hydrogen) atoms. The monoisotopic (exact) mass is 595 g/mol. The Balaban J connectivity index is 1.45. The van der Waals surface area contributed by atoms with Gasteiger partial charge in [-0.25, -0.2) is 4.79 Å². The van der Waals surface area contributed by atoms with Crippen LogP contribution in [0, 0.1) is 6.92 Å². The van der Waals surface area contributed by atoms with Crippen molar-refractivity contribution in [3.63, 3.8) is 0 Å². The van der Waals surface area contributed by atoms with Crippen molar-refractivity contribution in [1.82, 2.24) is 9.55 Å². The number of H-pyrrole nitrogens is 1. The molecule has 1 amide bonds. The molecule has 2 atom stereocenters. The molecule has 12 heteroatoms. The van der Waals surface area contributed by atoms with Crippen LogP contribution in [0.3, 0.4) is 0 Å². The topological polar surface area (TPSA) is 138 Å². The Morgan fingerprint density at radius 1 is 1.10 bits per heavy atom. The zero-order chi connectivity index (χ0) is 30.4. The Morgan fingerprint density at radius 3 is 2.60 bits per heavy atom. The molecule has 0 bridgehead atoms. The lowest BCUT2D eigenvalue weighted by atomic mass is 10.0. The number of ether oxygens (including phenoxy) is 4. The van der Waals surface area contributed by atoms with E-state index in [1.807, 2.05) is 13.0 Å². The second-order valence-electron chi connectivity index (χ2n) is 9.52. The molecule has 2 N–H and O–H groups in total. The molecule has 0 fully saturated rings. The van der Waals surface area contributed by atoms with Crippen molar-refractivity contribution in [1.29, 1.82) is 0 Å². The van der Waals surface area contributed by atoms with E-state index in [1.165, 1.54) is 31.0 Å². The Kier molecular flexibility index (Phi) is 9.66. The van der Waals surface area contributed by atoms with E-state index < -0.39 is 24.1 Å². The fourth-order valence-corrected chi connectivity index (χ4v) is 4.59. The zero-order valence-corrected chi connectivity index (χ0v) is 24.2. The van der Waals surface area contributed by atoms with Gasteiger partial charge >= 0.3 is 5.97 Å². The molecule has 4 aromatic rings. The number of rotatable bonds is 12. The summed E-state index contributed by atoms with van der Waals surface area (Å²) in [7, 11) is 2.91. The predicted octanol–water partition coefficient (Wildman–Crippen LogP) is 4.34. The molecule has 0 saturated carbocycles. The number of hydrogen-bond donors (Lipinski definition) is 2. The van der Waals surface area contributed by atoms with Gasteiger partial charge in [-0.15, -0.1) is 0 Å². The van der Waals surface area contributed by atoms with Crippen LogP contribution in [0.1, 0.15) is 23.0 Å². The van der Waals surface area contributed by atoms with E-state index >= 15 is 0 Å². The van der Waals surface area contributed by atoms with Crippen molar-refractivity contribution in [3.05, 3.63) is 81.4 Å². The van der Waals surface area contributed by atoms with E-state index in [0.717, 1.165) is 11.1 Å². The first-order valence-corrected chi connectivity index (χ1v) is 13.3. The molecule has 220 valence electrons. The molecule has 0 aliphatic rings. The lowest BCUT2D eigenvalue weighted by Crippen LogP contribution is -2.33. The van der Waals surface area contributed by atoms with Crippen LogP contribution in [0.2, 0.25) is 5.02 Å². The summed E-state index contributed by atoms with van der Waals surface area (Å²) in [4.78, 5) is 51.9. The molecular formula is C30H30ClN3O8. The van der Waals surface area contributed by atoms with Crippen molar-refractivity contribution in [2.24, 2.45) is 0 Å². The van der Waals surface area contributed by atoms with Gasteiger partial charge in [-0.3, -0.25) is 14.4 Å². The van der Waals surface area contributed by atoms with E-state index in [4.69, 9.17) is 30.5 Å². The largest absolute Gasteiger partial charge is 0.495 e. The molecule has 0 radical (unpaired) electrons. The van der Waals surface area contributed by atoms with Gasteiger partial charge in [-0.05, 0) is 61.4 Å². The predicted molar refractivity (Wildman–Crippen MR) is 157 cm³/mol. The Hall–Kier alpha value is -4.61.